The van der Waals surface area contributed by atoms with Crippen molar-refractivity contribution in [2.24, 2.45) is 0 Å². The van der Waals surface area contributed by atoms with Crippen LogP contribution in [0, 0.1) is 11.6 Å². The van der Waals surface area contributed by atoms with Crippen LogP contribution in [0.1, 0.15) is 23.0 Å². The van der Waals surface area contributed by atoms with E-state index in [0.29, 0.717) is 0 Å². The van der Waals surface area contributed by atoms with Crippen molar-refractivity contribution in [3.63, 3.8) is 0 Å². The van der Waals surface area contributed by atoms with Crippen LogP contribution < -0.4 is 5.32 Å². The second-order valence-electron chi connectivity index (χ2n) is 2.99. The molecule has 0 bridgehead atoms. The number of nitrogens with one attached hydrogen (secondary N) is 1. The molecule has 1 nitrogen and oxygen atoms in total. The third kappa shape index (κ3) is 1.39. The Bertz CT molecular complexity index is 425. The SMILES string of the molecule is [2H]CC1Nc2c([2H])cc(F)c(F)c2CC1[2H]. The smallest absolute Gasteiger partial charge is 0.164 e. The summed E-state index contributed by atoms with van der Waals surface area (Å²) >= 11 is 0. The molecule has 0 aliphatic carbocycles. The van der Waals surface area contributed by atoms with E-state index in [2.05, 4.69) is 5.32 Å². The molecule has 2 rings (SSSR count). The molecule has 0 fully saturated rings. The minimum Gasteiger partial charge on any atom is -0.382 e. The molecular weight excluding hydrogens is 172 g/mol. The Labute approximate surface area is 80.0 Å². The monoisotopic (exact) mass is 186 g/mol. The van der Waals surface area contributed by atoms with Crippen molar-refractivity contribution in [1.82, 2.24) is 0 Å². The fourth-order valence-corrected chi connectivity index (χ4v) is 1.36. The summed E-state index contributed by atoms with van der Waals surface area (Å²) in [6, 6.07) is 0.257. The molecule has 13 heavy (non-hydrogen) atoms. The van der Waals surface area contributed by atoms with Crippen LogP contribution in [0.25, 0.3) is 0 Å². The third-order valence-electron chi connectivity index (χ3n) is 2.06. The molecular formula is C10H11F2N. The molecule has 1 N–H and O–H groups in total. The fourth-order valence-electron chi connectivity index (χ4n) is 1.36. The van der Waals surface area contributed by atoms with Gasteiger partial charge in [0.15, 0.2) is 11.6 Å². The number of benzene rings is 1. The number of anilines is 1. The minimum absolute atomic E-state index is 0.0218. The minimum atomic E-state index is -1.05. The van der Waals surface area contributed by atoms with E-state index >= 15 is 0 Å². The molecule has 0 radical (unpaired) electrons. The number of rotatable bonds is 0. The van der Waals surface area contributed by atoms with E-state index in [1.165, 1.54) is 0 Å². The molecule has 0 amide bonds. The normalized spacial score (nSPS) is 29.5. The molecule has 0 aromatic heterocycles. The summed E-state index contributed by atoms with van der Waals surface area (Å²) in [7, 11) is 0. The molecule has 70 valence electrons. The Morgan fingerprint density at radius 1 is 1.77 bits per heavy atom. The molecule has 2 unspecified atom stereocenters. The fraction of sp³-hybridized carbons (Fsp3) is 0.400. The van der Waals surface area contributed by atoms with Gasteiger partial charge in [-0.25, -0.2) is 8.78 Å². The Balaban J connectivity index is 2.50. The van der Waals surface area contributed by atoms with Crippen LogP contribution in [0.5, 0.6) is 0 Å². The van der Waals surface area contributed by atoms with Crippen molar-refractivity contribution in [2.75, 3.05) is 5.32 Å². The molecule has 0 saturated heterocycles. The summed E-state index contributed by atoms with van der Waals surface area (Å²) in [6.45, 7) is -0.0218. The molecule has 2 atom stereocenters. The van der Waals surface area contributed by atoms with E-state index in [1.807, 2.05) is 0 Å². The maximum atomic E-state index is 13.4. The average molecular weight is 186 g/mol. The summed E-state index contributed by atoms with van der Waals surface area (Å²) in [4.78, 5) is 0. The second-order valence-corrected chi connectivity index (χ2v) is 2.99. The molecule has 1 heterocycles. The lowest BCUT2D eigenvalue weighted by Crippen LogP contribution is -2.23. The van der Waals surface area contributed by atoms with Crippen molar-refractivity contribution >= 4 is 5.69 Å². The van der Waals surface area contributed by atoms with Crippen molar-refractivity contribution in [3.8, 4) is 0 Å². The van der Waals surface area contributed by atoms with E-state index < -0.39 is 24.1 Å². The number of hydrogen-bond acceptors (Lipinski definition) is 1. The van der Waals surface area contributed by atoms with E-state index in [1.54, 1.807) is 0 Å². The zero-order valence-corrected chi connectivity index (χ0v) is 6.90. The summed E-state index contributed by atoms with van der Waals surface area (Å²) in [5.74, 6) is -2.04. The van der Waals surface area contributed by atoms with Crippen molar-refractivity contribution in [3.05, 3.63) is 29.3 Å². The van der Waals surface area contributed by atoms with Crippen LogP contribution in [0.4, 0.5) is 14.5 Å². The first-order valence-corrected chi connectivity index (χ1v) is 4.00. The summed E-state index contributed by atoms with van der Waals surface area (Å²) in [6.07, 6.45) is -0.637. The topological polar surface area (TPSA) is 12.0 Å². The second kappa shape index (κ2) is 2.98. The van der Waals surface area contributed by atoms with Crippen molar-refractivity contribution < 1.29 is 12.9 Å². The Kier molecular flexibility index (Phi) is 1.28. The molecule has 0 saturated carbocycles. The maximum Gasteiger partial charge on any atom is 0.164 e. The van der Waals surface area contributed by atoms with Gasteiger partial charge >= 0.3 is 0 Å². The number of fused-ring (bicyclic) bond motifs is 1. The van der Waals surface area contributed by atoms with Gasteiger partial charge < -0.3 is 5.32 Å². The maximum absolute atomic E-state index is 13.4. The quantitative estimate of drug-likeness (QED) is 0.657. The van der Waals surface area contributed by atoms with Gasteiger partial charge in [0.05, 0.1) is 1.37 Å². The zero-order chi connectivity index (χ0) is 11.9. The first-order chi connectivity index (χ1) is 7.54. The van der Waals surface area contributed by atoms with E-state index in [0.717, 1.165) is 6.07 Å². The first-order valence-electron chi connectivity index (χ1n) is 5.78. The first kappa shape index (κ1) is 5.58. The number of hydrogen-bond donors (Lipinski definition) is 1. The predicted octanol–water partition coefficient (Wildman–Crippen LogP) is 2.71. The highest BCUT2D eigenvalue weighted by molar-refractivity contribution is 5.54. The van der Waals surface area contributed by atoms with Crippen LogP contribution in [0.2, 0.25) is 0 Å². The largest absolute Gasteiger partial charge is 0.382 e. The van der Waals surface area contributed by atoms with Gasteiger partial charge in [-0.05, 0) is 31.8 Å². The van der Waals surface area contributed by atoms with Gasteiger partial charge in [0, 0.05) is 20.0 Å². The molecule has 1 aromatic carbocycles. The number of halogens is 2. The van der Waals surface area contributed by atoms with Crippen molar-refractivity contribution in [1.29, 1.82) is 0 Å². The molecule has 3 heteroatoms. The Morgan fingerprint density at radius 3 is 3.38 bits per heavy atom. The highest BCUT2D eigenvalue weighted by Crippen LogP contribution is 2.28. The molecule has 0 spiro atoms. The lowest BCUT2D eigenvalue weighted by Gasteiger charge is -2.24. The van der Waals surface area contributed by atoms with Crippen LogP contribution in [0.3, 0.4) is 0 Å². The van der Waals surface area contributed by atoms with E-state index in [-0.39, 0.29) is 30.6 Å². The molecule has 1 aliphatic rings. The van der Waals surface area contributed by atoms with Crippen molar-refractivity contribution in [2.45, 2.75) is 25.8 Å². The van der Waals surface area contributed by atoms with Crippen LogP contribution in [0.15, 0.2) is 12.1 Å². The summed E-state index contributed by atoms with van der Waals surface area (Å²) < 4.78 is 48.9. The molecule has 1 aromatic rings. The summed E-state index contributed by atoms with van der Waals surface area (Å²) in [5.41, 5.74) is 0.273. The van der Waals surface area contributed by atoms with Gasteiger partial charge in [-0.1, -0.05) is 0 Å². The van der Waals surface area contributed by atoms with E-state index in [4.69, 9.17) is 4.11 Å². The average Bonchev–Trinajstić information content (AvgIpc) is 2.25. The van der Waals surface area contributed by atoms with Crippen LogP contribution in [-0.2, 0) is 6.42 Å². The summed E-state index contributed by atoms with van der Waals surface area (Å²) in [5, 5.41) is 2.76. The van der Waals surface area contributed by atoms with Gasteiger partial charge in [-0.2, -0.15) is 0 Å². The van der Waals surface area contributed by atoms with Crippen LogP contribution >= 0.6 is 0 Å². The van der Waals surface area contributed by atoms with Gasteiger partial charge in [0.2, 0.25) is 0 Å². The van der Waals surface area contributed by atoms with Gasteiger partial charge in [-0.3, -0.25) is 0 Å². The third-order valence-corrected chi connectivity index (χ3v) is 2.06. The van der Waals surface area contributed by atoms with Crippen LogP contribution in [-0.4, -0.2) is 6.04 Å². The highest BCUT2D eigenvalue weighted by Gasteiger charge is 2.19. The lowest BCUT2D eigenvalue weighted by molar-refractivity contribution is 0.492. The standard InChI is InChI=1S/C10H11F2N/c1-6-2-3-7-9(13-6)5-4-8(11)10(7)12/h4-6,13H,2-3H2,1H3/i1D,2D,5D. The Morgan fingerprint density at radius 2 is 2.62 bits per heavy atom. The zero-order valence-electron chi connectivity index (χ0n) is 9.90. The highest BCUT2D eigenvalue weighted by atomic mass is 19.2. The van der Waals surface area contributed by atoms with Gasteiger partial charge in [-0.15, -0.1) is 0 Å². The molecule has 1 aliphatic heterocycles. The Hall–Kier alpha value is -1.12. The van der Waals surface area contributed by atoms with Gasteiger partial charge in [0.1, 0.15) is 0 Å². The van der Waals surface area contributed by atoms with Gasteiger partial charge in [0.25, 0.3) is 0 Å². The predicted molar refractivity (Wildman–Crippen MR) is 47.8 cm³/mol. The van der Waals surface area contributed by atoms with E-state index in [9.17, 15) is 8.78 Å². The lowest BCUT2D eigenvalue weighted by atomic mass is 9.98.